The number of carboxylic acid groups (broad SMARTS) is 1. The zero-order valence-corrected chi connectivity index (χ0v) is 8.09. The Morgan fingerprint density at radius 2 is 2.20 bits per heavy atom. The second kappa shape index (κ2) is 4.00. The maximum Gasteiger partial charge on any atom is 0.335 e. The van der Waals surface area contributed by atoms with E-state index in [1.165, 1.54) is 6.07 Å². The van der Waals surface area contributed by atoms with Crippen LogP contribution >= 0.6 is 0 Å². The van der Waals surface area contributed by atoms with Gasteiger partial charge < -0.3 is 14.9 Å². The summed E-state index contributed by atoms with van der Waals surface area (Å²) in [5, 5.41) is 18.4. The van der Waals surface area contributed by atoms with Crippen molar-refractivity contribution in [3.63, 3.8) is 0 Å². The highest BCUT2D eigenvalue weighted by Gasteiger charge is 2.27. The van der Waals surface area contributed by atoms with E-state index in [-0.39, 0.29) is 11.5 Å². The van der Waals surface area contributed by atoms with Crippen LogP contribution in [-0.4, -0.2) is 35.5 Å². The minimum Gasteiger partial charge on any atom is -0.478 e. The third kappa shape index (κ3) is 2.00. The second-order valence-electron chi connectivity index (χ2n) is 3.64. The van der Waals surface area contributed by atoms with Crippen molar-refractivity contribution in [1.82, 2.24) is 0 Å². The summed E-state index contributed by atoms with van der Waals surface area (Å²) < 4.78 is 5.13. The summed E-state index contributed by atoms with van der Waals surface area (Å²) in [6.45, 7) is 0.770. The Balaban J connectivity index is 2.28. The molecular weight excluding hydrogens is 196 g/mol. The lowest BCUT2D eigenvalue weighted by molar-refractivity contribution is 0.0696. The number of carboxylic acids is 1. The molecule has 0 spiro atoms. The van der Waals surface area contributed by atoms with Crippen LogP contribution in [0, 0.1) is 0 Å². The molecule has 0 saturated carbocycles. The molecular formula is C11H12O4. The van der Waals surface area contributed by atoms with Gasteiger partial charge in [-0.15, -0.1) is 0 Å². The van der Waals surface area contributed by atoms with Crippen molar-refractivity contribution in [2.75, 3.05) is 13.2 Å². The summed E-state index contributed by atoms with van der Waals surface area (Å²) >= 11 is 0. The minimum atomic E-state index is -0.953. The fourth-order valence-corrected chi connectivity index (χ4v) is 1.76. The van der Waals surface area contributed by atoms with Gasteiger partial charge in [0, 0.05) is 5.92 Å². The van der Waals surface area contributed by atoms with E-state index in [2.05, 4.69) is 0 Å². The lowest BCUT2D eigenvalue weighted by Crippen LogP contribution is -2.16. The molecule has 80 valence electrons. The molecule has 0 bridgehead atoms. The Labute approximate surface area is 87.1 Å². The smallest absolute Gasteiger partial charge is 0.335 e. The number of ether oxygens (including phenoxy) is 1. The van der Waals surface area contributed by atoms with Gasteiger partial charge >= 0.3 is 5.97 Å². The first-order chi connectivity index (χ1) is 7.18. The van der Waals surface area contributed by atoms with Crippen molar-refractivity contribution in [2.45, 2.75) is 12.0 Å². The summed E-state index contributed by atoms with van der Waals surface area (Å²) in [5.41, 5.74) is 1.06. The summed E-state index contributed by atoms with van der Waals surface area (Å²) in [6.07, 6.45) is -0.533. The molecule has 0 aromatic heterocycles. The maximum absolute atomic E-state index is 10.8. The van der Waals surface area contributed by atoms with Gasteiger partial charge in [-0.1, -0.05) is 12.1 Å². The monoisotopic (exact) mass is 208 g/mol. The standard InChI is InChI=1S/C11H12O4/c12-10-6-15-5-9(10)7-2-1-3-8(4-7)11(13)14/h1-4,9-10,12H,5-6H2,(H,13,14). The summed E-state index contributed by atoms with van der Waals surface area (Å²) in [7, 11) is 0. The molecule has 1 fully saturated rings. The molecule has 0 amide bonds. The van der Waals surface area contributed by atoms with E-state index in [1.54, 1.807) is 12.1 Å². The minimum absolute atomic E-state index is 0.107. The van der Waals surface area contributed by atoms with Crippen LogP contribution in [0.15, 0.2) is 24.3 Å². The highest BCUT2D eigenvalue weighted by Crippen LogP contribution is 2.26. The first-order valence-electron chi connectivity index (χ1n) is 4.77. The first kappa shape index (κ1) is 10.1. The molecule has 4 heteroatoms. The molecule has 4 nitrogen and oxygen atoms in total. The quantitative estimate of drug-likeness (QED) is 0.756. The van der Waals surface area contributed by atoms with Gasteiger partial charge in [-0.05, 0) is 17.7 Å². The van der Waals surface area contributed by atoms with Gasteiger partial charge in [0.1, 0.15) is 0 Å². The van der Waals surface area contributed by atoms with Gasteiger partial charge in [-0.25, -0.2) is 4.79 Å². The van der Waals surface area contributed by atoms with Gasteiger partial charge in [0.2, 0.25) is 0 Å². The molecule has 1 heterocycles. The topological polar surface area (TPSA) is 66.8 Å². The highest BCUT2D eigenvalue weighted by atomic mass is 16.5. The number of benzene rings is 1. The van der Waals surface area contributed by atoms with Crippen LogP contribution in [0.2, 0.25) is 0 Å². The first-order valence-corrected chi connectivity index (χ1v) is 4.77. The van der Waals surface area contributed by atoms with Crippen LogP contribution in [0.4, 0.5) is 0 Å². The van der Waals surface area contributed by atoms with Crippen LogP contribution in [0.25, 0.3) is 0 Å². The van der Waals surface area contributed by atoms with Crippen LogP contribution in [0.5, 0.6) is 0 Å². The zero-order valence-electron chi connectivity index (χ0n) is 8.09. The van der Waals surface area contributed by atoms with Crippen molar-refractivity contribution >= 4 is 5.97 Å². The van der Waals surface area contributed by atoms with Crippen molar-refractivity contribution in [1.29, 1.82) is 0 Å². The Morgan fingerprint density at radius 3 is 2.80 bits per heavy atom. The zero-order chi connectivity index (χ0) is 10.8. The molecule has 0 radical (unpaired) electrons. The van der Waals surface area contributed by atoms with Crippen LogP contribution in [0.1, 0.15) is 21.8 Å². The van der Waals surface area contributed by atoms with E-state index in [4.69, 9.17) is 9.84 Å². The van der Waals surface area contributed by atoms with E-state index in [9.17, 15) is 9.90 Å². The third-order valence-corrected chi connectivity index (χ3v) is 2.61. The number of rotatable bonds is 2. The second-order valence-corrected chi connectivity index (χ2v) is 3.64. The number of aliphatic hydroxyl groups excluding tert-OH is 1. The molecule has 1 saturated heterocycles. The number of hydrogen-bond acceptors (Lipinski definition) is 3. The van der Waals surface area contributed by atoms with Crippen molar-refractivity contribution in [3.8, 4) is 0 Å². The molecule has 2 rings (SSSR count). The molecule has 1 aliphatic rings. The van der Waals surface area contributed by atoms with Gasteiger partial charge in [0.15, 0.2) is 0 Å². The molecule has 2 N–H and O–H groups in total. The van der Waals surface area contributed by atoms with E-state index < -0.39 is 12.1 Å². The Hall–Kier alpha value is -1.39. The van der Waals surface area contributed by atoms with Crippen molar-refractivity contribution < 1.29 is 19.7 Å². The molecule has 0 aliphatic carbocycles. The maximum atomic E-state index is 10.8. The number of aliphatic hydroxyl groups is 1. The summed E-state index contributed by atoms with van der Waals surface area (Å²) in [5.74, 6) is -1.06. The van der Waals surface area contributed by atoms with Crippen LogP contribution in [-0.2, 0) is 4.74 Å². The Bertz CT molecular complexity index is 375. The summed E-state index contributed by atoms with van der Waals surface area (Å²) in [4.78, 5) is 10.8. The predicted octanol–water partition coefficient (Wildman–Crippen LogP) is 0.859. The highest BCUT2D eigenvalue weighted by molar-refractivity contribution is 5.87. The van der Waals surface area contributed by atoms with Gasteiger partial charge in [0.25, 0.3) is 0 Å². The Kier molecular flexibility index (Phi) is 2.70. The molecule has 2 unspecified atom stereocenters. The predicted molar refractivity (Wildman–Crippen MR) is 53.0 cm³/mol. The van der Waals surface area contributed by atoms with Crippen molar-refractivity contribution in [2.24, 2.45) is 0 Å². The number of aromatic carboxylic acids is 1. The number of hydrogen-bond donors (Lipinski definition) is 2. The molecule has 15 heavy (non-hydrogen) atoms. The fraction of sp³-hybridized carbons (Fsp3) is 0.364. The Morgan fingerprint density at radius 1 is 1.40 bits per heavy atom. The molecule has 1 aromatic carbocycles. The lowest BCUT2D eigenvalue weighted by Gasteiger charge is -2.12. The van der Waals surface area contributed by atoms with Crippen LogP contribution in [0.3, 0.4) is 0 Å². The molecule has 2 atom stereocenters. The van der Waals surface area contributed by atoms with Gasteiger partial charge in [0.05, 0.1) is 24.9 Å². The van der Waals surface area contributed by atoms with E-state index in [1.807, 2.05) is 6.07 Å². The molecule has 1 aromatic rings. The third-order valence-electron chi connectivity index (χ3n) is 2.61. The largest absolute Gasteiger partial charge is 0.478 e. The van der Waals surface area contributed by atoms with Crippen molar-refractivity contribution in [3.05, 3.63) is 35.4 Å². The fourth-order valence-electron chi connectivity index (χ4n) is 1.76. The van der Waals surface area contributed by atoms with Gasteiger partial charge in [-0.3, -0.25) is 0 Å². The van der Waals surface area contributed by atoms with Crippen LogP contribution < -0.4 is 0 Å². The number of carbonyl (C=O) groups is 1. The normalized spacial score (nSPS) is 25.4. The average Bonchev–Trinajstić information content (AvgIpc) is 2.64. The SMILES string of the molecule is O=C(O)c1cccc(C2COCC2O)c1. The molecule has 1 aliphatic heterocycles. The average molecular weight is 208 g/mol. The van der Waals surface area contributed by atoms with Gasteiger partial charge in [-0.2, -0.15) is 0 Å². The lowest BCUT2D eigenvalue weighted by atomic mass is 9.95. The van der Waals surface area contributed by atoms with E-state index in [0.717, 1.165) is 5.56 Å². The summed E-state index contributed by atoms with van der Waals surface area (Å²) in [6, 6.07) is 6.62. The van der Waals surface area contributed by atoms with E-state index in [0.29, 0.717) is 13.2 Å². The van der Waals surface area contributed by atoms with E-state index >= 15 is 0 Å².